The molecule has 1 aliphatic rings. The molecule has 0 radical (unpaired) electrons. The summed E-state index contributed by atoms with van der Waals surface area (Å²) < 4.78 is 5.05. The first-order valence-corrected chi connectivity index (χ1v) is 6.64. The van der Waals surface area contributed by atoms with Crippen molar-refractivity contribution in [2.24, 2.45) is 5.92 Å². The van der Waals surface area contributed by atoms with Crippen LogP contribution in [0.2, 0.25) is 0 Å². The smallest absolute Gasteiger partial charge is 0.220 e. The first kappa shape index (κ1) is 13.8. The van der Waals surface area contributed by atoms with Crippen LogP contribution < -0.4 is 5.32 Å². The van der Waals surface area contributed by atoms with E-state index in [1.165, 1.54) is 25.7 Å². The Labute approximate surface area is 103 Å². The zero-order chi connectivity index (χ0) is 11.8. The van der Waals surface area contributed by atoms with Crippen LogP contribution >= 0.6 is 11.6 Å². The average Bonchev–Trinajstić information content (AvgIpc) is 2.71. The number of nitrogens with one attached hydrogen (secondary N) is 1. The molecule has 1 saturated carbocycles. The van der Waals surface area contributed by atoms with Crippen molar-refractivity contribution in [3.63, 3.8) is 0 Å². The van der Waals surface area contributed by atoms with Crippen LogP contribution in [0.4, 0.5) is 0 Å². The van der Waals surface area contributed by atoms with Crippen molar-refractivity contribution >= 4 is 17.5 Å². The van der Waals surface area contributed by atoms with E-state index in [4.69, 9.17) is 16.3 Å². The van der Waals surface area contributed by atoms with Crippen molar-refractivity contribution in [1.29, 1.82) is 0 Å². The predicted octanol–water partition coefficient (Wildman–Crippen LogP) is 2.33. The number of alkyl halides is 1. The quantitative estimate of drug-likeness (QED) is 0.702. The van der Waals surface area contributed by atoms with Crippen molar-refractivity contribution in [3.8, 4) is 0 Å². The SMILES string of the molecule is COCC(CCCl)NC(=O)CC1CCCC1. The fourth-order valence-electron chi connectivity index (χ4n) is 2.29. The number of ether oxygens (including phenoxy) is 1. The summed E-state index contributed by atoms with van der Waals surface area (Å²) >= 11 is 5.68. The molecule has 0 aromatic rings. The topological polar surface area (TPSA) is 38.3 Å². The first-order chi connectivity index (χ1) is 7.76. The van der Waals surface area contributed by atoms with E-state index in [0.717, 1.165) is 6.42 Å². The molecule has 0 aromatic heterocycles. The summed E-state index contributed by atoms with van der Waals surface area (Å²) in [5, 5.41) is 3.00. The normalized spacial score (nSPS) is 18.6. The van der Waals surface area contributed by atoms with Crippen LogP contribution in [-0.2, 0) is 9.53 Å². The van der Waals surface area contributed by atoms with Crippen LogP contribution in [0.25, 0.3) is 0 Å². The minimum Gasteiger partial charge on any atom is -0.383 e. The Hall–Kier alpha value is -0.280. The number of carbonyl (C=O) groups excluding carboxylic acids is 1. The third-order valence-electron chi connectivity index (χ3n) is 3.14. The number of amides is 1. The molecule has 0 bridgehead atoms. The summed E-state index contributed by atoms with van der Waals surface area (Å²) in [6, 6.07) is 0.0661. The maximum atomic E-state index is 11.7. The van der Waals surface area contributed by atoms with Crippen molar-refractivity contribution < 1.29 is 9.53 Å². The van der Waals surface area contributed by atoms with Gasteiger partial charge in [-0.1, -0.05) is 12.8 Å². The number of hydrogen-bond donors (Lipinski definition) is 1. The van der Waals surface area contributed by atoms with E-state index in [1.807, 2.05) is 0 Å². The van der Waals surface area contributed by atoms with Crippen LogP contribution in [-0.4, -0.2) is 31.5 Å². The van der Waals surface area contributed by atoms with Gasteiger partial charge in [0.1, 0.15) is 0 Å². The van der Waals surface area contributed by atoms with Gasteiger partial charge >= 0.3 is 0 Å². The maximum absolute atomic E-state index is 11.7. The van der Waals surface area contributed by atoms with E-state index in [9.17, 15) is 4.79 Å². The van der Waals surface area contributed by atoms with Gasteiger partial charge in [-0.3, -0.25) is 4.79 Å². The standard InChI is InChI=1S/C12H22ClNO2/c1-16-9-11(6-7-13)14-12(15)8-10-4-2-3-5-10/h10-11H,2-9H2,1H3,(H,14,15). The number of halogens is 1. The van der Waals surface area contributed by atoms with Gasteiger partial charge in [0.05, 0.1) is 12.6 Å². The second-order valence-corrected chi connectivity index (χ2v) is 4.93. The number of methoxy groups -OCH3 is 1. The summed E-state index contributed by atoms with van der Waals surface area (Å²) in [5.74, 6) is 1.30. The highest BCUT2D eigenvalue weighted by Crippen LogP contribution is 2.27. The van der Waals surface area contributed by atoms with Gasteiger partial charge in [0.25, 0.3) is 0 Å². The Kier molecular flexibility index (Phi) is 6.81. The lowest BCUT2D eigenvalue weighted by molar-refractivity contribution is -0.123. The van der Waals surface area contributed by atoms with Crippen molar-refractivity contribution in [3.05, 3.63) is 0 Å². The molecule has 0 heterocycles. The molecule has 1 aliphatic carbocycles. The Morgan fingerprint density at radius 1 is 1.50 bits per heavy atom. The molecule has 94 valence electrons. The van der Waals surface area contributed by atoms with Gasteiger partial charge < -0.3 is 10.1 Å². The highest BCUT2D eigenvalue weighted by atomic mass is 35.5. The molecule has 0 aromatic carbocycles. The molecule has 1 rings (SSSR count). The average molecular weight is 248 g/mol. The molecule has 1 amide bonds. The van der Waals surface area contributed by atoms with Gasteiger partial charge in [-0.25, -0.2) is 0 Å². The third kappa shape index (κ3) is 5.17. The molecule has 16 heavy (non-hydrogen) atoms. The minimum atomic E-state index is 0.0661. The lowest BCUT2D eigenvalue weighted by atomic mass is 10.0. The maximum Gasteiger partial charge on any atom is 0.220 e. The largest absolute Gasteiger partial charge is 0.383 e. The fourth-order valence-corrected chi connectivity index (χ4v) is 2.56. The zero-order valence-corrected chi connectivity index (χ0v) is 10.8. The summed E-state index contributed by atoms with van der Waals surface area (Å²) in [4.78, 5) is 11.7. The van der Waals surface area contributed by atoms with Gasteiger partial charge in [-0.05, 0) is 25.2 Å². The predicted molar refractivity (Wildman–Crippen MR) is 65.7 cm³/mol. The Morgan fingerprint density at radius 2 is 2.19 bits per heavy atom. The summed E-state index contributed by atoms with van der Waals surface area (Å²) in [5.41, 5.74) is 0. The van der Waals surface area contributed by atoms with Crippen LogP contribution in [0.1, 0.15) is 38.5 Å². The van der Waals surface area contributed by atoms with E-state index >= 15 is 0 Å². The molecule has 1 atom stereocenters. The molecule has 4 heteroatoms. The Bertz CT molecular complexity index is 199. The number of hydrogen-bond acceptors (Lipinski definition) is 2. The Balaban J connectivity index is 2.23. The van der Waals surface area contributed by atoms with Gasteiger partial charge in [0, 0.05) is 19.4 Å². The van der Waals surface area contributed by atoms with E-state index in [1.54, 1.807) is 7.11 Å². The highest BCUT2D eigenvalue weighted by Gasteiger charge is 2.20. The van der Waals surface area contributed by atoms with Gasteiger partial charge in [-0.15, -0.1) is 11.6 Å². The van der Waals surface area contributed by atoms with E-state index in [0.29, 0.717) is 24.8 Å². The number of rotatable bonds is 7. The minimum absolute atomic E-state index is 0.0661. The first-order valence-electron chi connectivity index (χ1n) is 6.10. The third-order valence-corrected chi connectivity index (χ3v) is 3.36. The monoisotopic (exact) mass is 247 g/mol. The van der Waals surface area contributed by atoms with Crippen LogP contribution in [0, 0.1) is 5.92 Å². The molecule has 0 saturated heterocycles. The summed E-state index contributed by atoms with van der Waals surface area (Å²) in [7, 11) is 1.64. The fraction of sp³-hybridized carbons (Fsp3) is 0.917. The van der Waals surface area contributed by atoms with E-state index < -0.39 is 0 Å². The summed E-state index contributed by atoms with van der Waals surface area (Å²) in [6.45, 7) is 0.545. The van der Waals surface area contributed by atoms with E-state index in [-0.39, 0.29) is 11.9 Å². The zero-order valence-electron chi connectivity index (χ0n) is 10.0. The second-order valence-electron chi connectivity index (χ2n) is 4.55. The molecular weight excluding hydrogens is 226 g/mol. The molecule has 1 fully saturated rings. The lowest BCUT2D eigenvalue weighted by Gasteiger charge is -2.18. The van der Waals surface area contributed by atoms with Gasteiger partial charge in [0.15, 0.2) is 0 Å². The second kappa shape index (κ2) is 7.91. The van der Waals surface area contributed by atoms with Gasteiger partial charge in [0.2, 0.25) is 5.91 Å². The number of carbonyl (C=O) groups is 1. The van der Waals surface area contributed by atoms with E-state index in [2.05, 4.69) is 5.32 Å². The van der Waals surface area contributed by atoms with Crippen LogP contribution in [0.5, 0.6) is 0 Å². The van der Waals surface area contributed by atoms with Crippen LogP contribution in [0.3, 0.4) is 0 Å². The van der Waals surface area contributed by atoms with Crippen molar-refractivity contribution in [2.45, 2.75) is 44.6 Å². The molecular formula is C12H22ClNO2. The lowest BCUT2D eigenvalue weighted by Crippen LogP contribution is -2.38. The molecule has 1 N–H and O–H groups in total. The highest BCUT2D eigenvalue weighted by molar-refractivity contribution is 6.17. The van der Waals surface area contributed by atoms with Crippen molar-refractivity contribution in [1.82, 2.24) is 5.32 Å². The van der Waals surface area contributed by atoms with Crippen molar-refractivity contribution in [2.75, 3.05) is 19.6 Å². The molecule has 0 spiro atoms. The summed E-state index contributed by atoms with van der Waals surface area (Å²) in [6.07, 6.45) is 6.41. The molecule has 0 aliphatic heterocycles. The van der Waals surface area contributed by atoms with Gasteiger partial charge in [-0.2, -0.15) is 0 Å². The molecule has 3 nitrogen and oxygen atoms in total. The molecule has 1 unspecified atom stereocenters. The Morgan fingerprint density at radius 3 is 2.75 bits per heavy atom. The van der Waals surface area contributed by atoms with Crippen LogP contribution in [0.15, 0.2) is 0 Å².